The van der Waals surface area contributed by atoms with Crippen molar-refractivity contribution in [2.45, 2.75) is 51.2 Å². The van der Waals surface area contributed by atoms with Gasteiger partial charge in [-0.05, 0) is 74.2 Å². The Hall–Kier alpha value is -3.17. The van der Waals surface area contributed by atoms with Crippen LogP contribution >= 0.6 is 0 Å². The van der Waals surface area contributed by atoms with Crippen LogP contribution in [0.4, 0.5) is 14.5 Å². The van der Waals surface area contributed by atoms with E-state index in [2.05, 4.69) is 33.8 Å². The molecule has 0 atom stereocenters. The number of likely N-dealkylation sites (tertiary alicyclic amines) is 1. The first-order valence-electron chi connectivity index (χ1n) is 13.5. The molecule has 6 rings (SSSR count). The Bertz CT molecular complexity index is 1320. The summed E-state index contributed by atoms with van der Waals surface area (Å²) in [4.78, 5) is 18.5. The Morgan fingerprint density at radius 2 is 1.85 bits per heavy atom. The second kappa shape index (κ2) is 10.8. The van der Waals surface area contributed by atoms with E-state index in [1.165, 1.54) is 16.5 Å². The number of ether oxygens (including phenoxy) is 2. The van der Waals surface area contributed by atoms with Crippen molar-refractivity contribution in [2.75, 3.05) is 45.3 Å². The zero-order valence-corrected chi connectivity index (χ0v) is 22.8. The monoisotopic (exact) mass is 541 g/mol. The molecular weight excluding hydrogens is 504 g/mol. The highest BCUT2D eigenvalue weighted by atomic mass is 19.3. The summed E-state index contributed by atoms with van der Waals surface area (Å²) in [5.74, 6) is -2.39. The van der Waals surface area contributed by atoms with E-state index in [0.717, 1.165) is 62.5 Å². The molecule has 210 valence electrons. The summed E-state index contributed by atoms with van der Waals surface area (Å²) in [6.45, 7) is 6.33. The van der Waals surface area contributed by atoms with Gasteiger partial charge in [-0.1, -0.05) is 6.07 Å². The average molecular weight is 542 g/mol. The van der Waals surface area contributed by atoms with E-state index in [4.69, 9.17) is 14.6 Å². The molecule has 1 spiro atoms. The third kappa shape index (κ3) is 5.75. The highest BCUT2D eigenvalue weighted by molar-refractivity contribution is 5.89. The van der Waals surface area contributed by atoms with Crippen molar-refractivity contribution in [3.63, 3.8) is 0 Å². The number of halogens is 2. The van der Waals surface area contributed by atoms with Crippen molar-refractivity contribution in [3.05, 3.63) is 59.3 Å². The fraction of sp³-hybridized carbons (Fsp3) is 0.500. The topological polar surface area (TPSA) is 78.0 Å². The molecular formula is C30H37F2N3O4. The number of carboxylic acids is 1. The van der Waals surface area contributed by atoms with E-state index < -0.39 is 11.9 Å². The van der Waals surface area contributed by atoms with E-state index in [0.29, 0.717) is 5.56 Å². The zero-order chi connectivity index (χ0) is 27.8. The molecule has 7 nitrogen and oxygen atoms in total. The predicted molar refractivity (Wildman–Crippen MR) is 147 cm³/mol. The van der Waals surface area contributed by atoms with Gasteiger partial charge in [0.25, 0.3) is 0 Å². The summed E-state index contributed by atoms with van der Waals surface area (Å²) < 4.78 is 37.3. The second-order valence-corrected chi connectivity index (χ2v) is 11.2. The number of benzene rings is 2. The van der Waals surface area contributed by atoms with Crippen LogP contribution < -0.4 is 9.64 Å². The van der Waals surface area contributed by atoms with Crippen molar-refractivity contribution in [1.82, 2.24) is 9.88 Å². The molecule has 3 heterocycles. The Labute approximate surface area is 227 Å². The number of alkyl halides is 2. The highest BCUT2D eigenvalue weighted by Crippen LogP contribution is 2.57. The number of rotatable bonds is 6. The van der Waals surface area contributed by atoms with Gasteiger partial charge >= 0.3 is 5.97 Å². The van der Waals surface area contributed by atoms with E-state index in [1.807, 2.05) is 12.3 Å². The molecule has 3 fully saturated rings. The van der Waals surface area contributed by atoms with Gasteiger partial charge in [-0.2, -0.15) is 0 Å². The molecule has 39 heavy (non-hydrogen) atoms. The number of fused-ring (bicyclic) bond motifs is 1. The number of aromatic carboxylic acids is 1. The lowest BCUT2D eigenvalue weighted by Gasteiger charge is -2.51. The summed E-state index contributed by atoms with van der Waals surface area (Å²) in [5, 5.41) is 10.0. The summed E-state index contributed by atoms with van der Waals surface area (Å²) >= 11 is 0. The number of nitrogens with one attached hydrogen (secondary N) is 1. The minimum Gasteiger partial charge on any atom is -0.496 e. The lowest BCUT2D eigenvalue weighted by atomic mass is 9.61. The van der Waals surface area contributed by atoms with Crippen molar-refractivity contribution in [2.24, 2.45) is 5.41 Å². The first-order chi connectivity index (χ1) is 18.6. The predicted octanol–water partition coefficient (Wildman–Crippen LogP) is 5.72. The first-order valence-corrected chi connectivity index (χ1v) is 13.5. The van der Waals surface area contributed by atoms with Gasteiger partial charge in [-0.3, -0.25) is 4.90 Å². The normalized spacial score (nSPS) is 20.2. The standard InChI is InChI=1S/C19H24F2N2O.C11H13NO3/c1-13-9-16(24-2)15(14-3-6-22-17(13)14)10-23-7-4-18(5-8-23)11-19(20,21)12-18;1-15-10-6-12(7-10)9-4-2-3-8(5-9)11(13)14/h3,6,9,22H,4-5,7-8,10-12H2,1-2H3;2-5,10H,6-7H2,1H3,(H,13,14). The summed E-state index contributed by atoms with van der Waals surface area (Å²) in [7, 11) is 3.40. The molecule has 2 N–H and O–H groups in total. The van der Waals surface area contributed by atoms with Crippen molar-refractivity contribution >= 4 is 22.6 Å². The zero-order valence-electron chi connectivity index (χ0n) is 22.8. The molecule has 1 saturated carbocycles. The molecule has 0 bridgehead atoms. The van der Waals surface area contributed by atoms with Crippen molar-refractivity contribution in [1.29, 1.82) is 0 Å². The maximum Gasteiger partial charge on any atom is 0.335 e. The Kier molecular flexibility index (Phi) is 7.57. The van der Waals surface area contributed by atoms with Gasteiger partial charge < -0.3 is 24.5 Å². The highest BCUT2D eigenvalue weighted by Gasteiger charge is 2.56. The molecule has 3 aromatic rings. The number of H-pyrrole nitrogens is 1. The molecule has 2 saturated heterocycles. The maximum atomic E-state index is 13.3. The van der Waals surface area contributed by atoms with Crippen molar-refractivity contribution < 1.29 is 28.2 Å². The Morgan fingerprint density at radius 3 is 2.46 bits per heavy atom. The number of aromatic nitrogens is 1. The van der Waals surface area contributed by atoms with E-state index in [9.17, 15) is 13.6 Å². The van der Waals surface area contributed by atoms with Crippen LogP contribution in [-0.4, -0.2) is 73.4 Å². The van der Waals surface area contributed by atoms with Gasteiger partial charge in [0.15, 0.2) is 0 Å². The van der Waals surface area contributed by atoms with Crippen LogP contribution in [0.5, 0.6) is 5.75 Å². The van der Waals surface area contributed by atoms with Crippen LogP contribution in [0.3, 0.4) is 0 Å². The molecule has 1 aliphatic carbocycles. The molecule has 2 aliphatic heterocycles. The third-order valence-corrected chi connectivity index (χ3v) is 8.54. The van der Waals surface area contributed by atoms with Crippen LogP contribution in [0.1, 0.15) is 47.2 Å². The lowest BCUT2D eigenvalue weighted by molar-refractivity contribution is -0.178. The number of aryl methyl sites for hydroxylation is 1. The third-order valence-electron chi connectivity index (χ3n) is 8.54. The number of methoxy groups -OCH3 is 2. The lowest BCUT2D eigenvalue weighted by Crippen LogP contribution is -2.52. The Morgan fingerprint density at radius 1 is 1.13 bits per heavy atom. The minimum atomic E-state index is -2.42. The number of carbonyl (C=O) groups is 1. The molecule has 0 amide bonds. The molecule has 0 radical (unpaired) electrons. The van der Waals surface area contributed by atoms with Gasteiger partial charge in [0.05, 0.1) is 18.8 Å². The molecule has 3 aliphatic rings. The number of aromatic amines is 1. The number of hydrogen-bond donors (Lipinski definition) is 2. The number of anilines is 1. The smallest absolute Gasteiger partial charge is 0.335 e. The summed E-state index contributed by atoms with van der Waals surface area (Å²) in [6, 6.07) is 11.1. The van der Waals surface area contributed by atoms with Crippen LogP contribution in [0, 0.1) is 12.3 Å². The average Bonchev–Trinajstić information content (AvgIpc) is 3.36. The van der Waals surface area contributed by atoms with Gasteiger partial charge in [0.1, 0.15) is 5.75 Å². The maximum absolute atomic E-state index is 13.3. The second-order valence-electron chi connectivity index (χ2n) is 11.2. The fourth-order valence-corrected chi connectivity index (χ4v) is 6.22. The van der Waals surface area contributed by atoms with Crippen molar-refractivity contribution in [3.8, 4) is 5.75 Å². The number of carboxylic acid groups (broad SMARTS) is 1. The summed E-state index contributed by atoms with van der Waals surface area (Å²) in [5.41, 5.74) is 4.69. The largest absolute Gasteiger partial charge is 0.496 e. The van der Waals surface area contributed by atoms with E-state index in [1.54, 1.807) is 32.4 Å². The molecule has 2 aromatic carbocycles. The van der Waals surface area contributed by atoms with Gasteiger partial charge in [-0.15, -0.1) is 0 Å². The number of piperidine rings is 1. The molecule has 9 heteroatoms. The first kappa shape index (κ1) is 27.4. The van der Waals surface area contributed by atoms with Gasteiger partial charge in [-0.25, -0.2) is 13.6 Å². The van der Waals surface area contributed by atoms with Crippen LogP contribution in [0.2, 0.25) is 0 Å². The molecule has 0 unspecified atom stereocenters. The van der Waals surface area contributed by atoms with Crippen LogP contribution in [0.25, 0.3) is 10.9 Å². The van der Waals surface area contributed by atoms with Gasteiger partial charge in [0, 0.05) is 67.9 Å². The SMILES string of the molecule is COC1CN(c2cccc(C(=O)O)c2)C1.COc1cc(C)c2[nH]ccc2c1CN1CCC2(CC1)CC(F)(F)C2. The number of nitrogens with zero attached hydrogens (tertiary/aromatic N) is 2. The minimum absolute atomic E-state index is 0.0871. The quantitative estimate of drug-likeness (QED) is 0.416. The molecule has 1 aromatic heterocycles. The Balaban J connectivity index is 0.000000177. The van der Waals surface area contributed by atoms with Gasteiger partial charge in [0.2, 0.25) is 5.92 Å². The fourth-order valence-electron chi connectivity index (χ4n) is 6.22. The van der Waals surface area contributed by atoms with Crippen LogP contribution in [0.15, 0.2) is 42.6 Å². The van der Waals surface area contributed by atoms with E-state index in [-0.39, 0.29) is 24.4 Å². The van der Waals surface area contributed by atoms with Crippen LogP contribution in [-0.2, 0) is 11.3 Å². The summed E-state index contributed by atoms with van der Waals surface area (Å²) in [6.07, 6.45) is 4.18. The van der Waals surface area contributed by atoms with E-state index >= 15 is 0 Å². The number of hydrogen-bond acceptors (Lipinski definition) is 5.